The van der Waals surface area contributed by atoms with Crippen molar-refractivity contribution < 1.29 is 13.5 Å². The summed E-state index contributed by atoms with van der Waals surface area (Å²) in [4.78, 5) is 17.6. The van der Waals surface area contributed by atoms with Gasteiger partial charge in [-0.1, -0.05) is 11.6 Å². The molecule has 30 heavy (non-hydrogen) atoms. The molecule has 5 heterocycles. The van der Waals surface area contributed by atoms with Crippen LogP contribution in [0, 0.1) is 24.6 Å². The summed E-state index contributed by atoms with van der Waals surface area (Å²) in [6, 6.07) is 0.127. The van der Waals surface area contributed by atoms with E-state index in [2.05, 4.69) is 19.8 Å². The first-order valence-corrected chi connectivity index (χ1v) is 11.1. The molecule has 1 saturated carbocycles. The first kappa shape index (κ1) is 18.9. The molecule has 0 aromatic carbocycles. The maximum absolute atomic E-state index is 14.9. The number of rotatable bonds is 4. The van der Waals surface area contributed by atoms with Crippen LogP contribution < -0.4 is 9.64 Å². The lowest BCUT2D eigenvalue weighted by molar-refractivity contribution is 0.107. The van der Waals surface area contributed by atoms with Gasteiger partial charge in [-0.3, -0.25) is 4.90 Å². The van der Waals surface area contributed by atoms with Gasteiger partial charge in [0.25, 0.3) is 0 Å². The topological polar surface area (TPSA) is 54.4 Å². The Labute approximate surface area is 178 Å². The zero-order chi connectivity index (χ0) is 20.6. The lowest BCUT2D eigenvalue weighted by atomic mass is 9.95. The number of ether oxygens (including phenoxy) is 1. The average Bonchev–Trinajstić information content (AvgIpc) is 3.01. The van der Waals surface area contributed by atoms with Crippen molar-refractivity contribution in [3.05, 3.63) is 16.7 Å². The fourth-order valence-corrected chi connectivity index (χ4v) is 6.00. The Morgan fingerprint density at radius 1 is 1.20 bits per heavy atom. The highest BCUT2D eigenvalue weighted by molar-refractivity contribution is 6.30. The summed E-state index contributed by atoms with van der Waals surface area (Å²) >= 11 is 6.01. The van der Waals surface area contributed by atoms with E-state index in [-0.39, 0.29) is 22.2 Å². The van der Waals surface area contributed by atoms with E-state index in [4.69, 9.17) is 21.3 Å². The third-order valence-corrected chi connectivity index (χ3v) is 7.65. The molecule has 3 saturated heterocycles. The van der Waals surface area contributed by atoms with Gasteiger partial charge in [-0.2, -0.15) is 9.97 Å². The molecule has 2 aromatic rings. The zero-order valence-electron chi connectivity index (χ0n) is 16.9. The van der Waals surface area contributed by atoms with E-state index in [0.717, 1.165) is 32.5 Å². The highest BCUT2D eigenvalue weighted by atomic mass is 35.5. The summed E-state index contributed by atoms with van der Waals surface area (Å²) in [7, 11) is 0. The predicted molar refractivity (Wildman–Crippen MR) is 109 cm³/mol. The van der Waals surface area contributed by atoms with Crippen LogP contribution in [0.2, 0.25) is 5.15 Å². The summed E-state index contributed by atoms with van der Waals surface area (Å²) in [5.41, 5.74) is 0.441. The number of pyridine rings is 1. The zero-order valence-corrected chi connectivity index (χ0v) is 17.6. The van der Waals surface area contributed by atoms with Gasteiger partial charge in [-0.25, -0.2) is 13.8 Å². The van der Waals surface area contributed by atoms with E-state index >= 15 is 0 Å². The highest BCUT2D eigenvalue weighted by Gasteiger charge is 2.49. The molecule has 2 unspecified atom stereocenters. The SMILES string of the molecule is Cc1nc(Cl)c(F)c2nc(OC[C@@]34CCCN3C[C@H](F)C4)nc(N3CC4CC4C3)c12. The van der Waals surface area contributed by atoms with Gasteiger partial charge in [-0.05, 0) is 44.6 Å². The van der Waals surface area contributed by atoms with E-state index in [9.17, 15) is 8.78 Å². The van der Waals surface area contributed by atoms with Crippen LogP contribution in [-0.4, -0.2) is 64.3 Å². The normalized spacial score (nSPS) is 32.7. The number of aryl methyl sites for hydroxylation is 1. The molecule has 4 fully saturated rings. The summed E-state index contributed by atoms with van der Waals surface area (Å²) in [5.74, 6) is 1.39. The Hall–Kier alpha value is -1.80. The fraction of sp³-hybridized carbons (Fsp3) is 0.667. The van der Waals surface area contributed by atoms with E-state index in [1.165, 1.54) is 6.42 Å². The Morgan fingerprint density at radius 3 is 2.80 bits per heavy atom. The molecule has 0 spiro atoms. The molecule has 9 heteroatoms. The number of alkyl halides is 1. The Kier molecular flexibility index (Phi) is 4.16. The van der Waals surface area contributed by atoms with E-state index in [0.29, 0.717) is 48.3 Å². The number of halogens is 3. The van der Waals surface area contributed by atoms with Gasteiger partial charge in [0.15, 0.2) is 11.0 Å². The molecular weight excluding hydrogens is 412 g/mol. The van der Waals surface area contributed by atoms with Crippen LogP contribution in [0.25, 0.3) is 10.9 Å². The van der Waals surface area contributed by atoms with Crippen LogP contribution in [0.1, 0.15) is 31.4 Å². The smallest absolute Gasteiger partial charge is 0.319 e. The number of anilines is 1. The fourth-order valence-electron chi connectivity index (χ4n) is 5.78. The maximum atomic E-state index is 14.9. The third kappa shape index (κ3) is 2.87. The molecule has 0 bridgehead atoms. The Morgan fingerprint density at radius 2 is 2.00 bits per heavy atom. The van der Waals surface area contributed by atoms with Crippen LogP contribution in [0.15, 0.2) is 0 Å². The Bertz CT molecular complexity index is 1030. The Balaban J connectivity index is 1.38. The molecular formula is C21H24ClF2N5O. The quantitative estimate of drug-likeness (QED) is 0.685. The van der Waals surface area contributed by atoms with Crippen molar-refractivity contribution in [2.75, 3.05) is 37.7 Å². The summed E-state index contributed by atoms with van der Waals surface area (Å²) in [5, 5.41) is 0.396. The first-order chi connectivity index (χ1) is 14.4. The molecule has 3 aliphatic heterocycles. The van der Waals surface area contributed by atoms with E-state index in [1.807, 2.05) is 0 Å². The molecule has 4 atom stereocenters. The average molecular weight is 436 g/mol. The molecule has 160 valence electrons. The van der Waals surface area contributed by atoms with Crippen LogP contribution in [0.4, 0.5) is 14.6 Å². The monoisotopic (exact) mass is 435 g/mol. The van der Waals surface area contributed by atoms with Crippen molar-refractivity contribution in [3.63, 3.8) is 0 Å². The van der Waals surface area contributed by atoms with Crippen molar-refractivity contribution in [1.29, 1.82) is 0 Å². The van der Waals surface area contributed by atoms with Crippen LogP contribution in [0.3, 0.4) is 0 Å². The lowest BCUT2D eigenvalue weighted by Crippen LogP contribution is -2.43. The molecule has 4 aliphatic rings. The van der Waals surface area contributed by atoms with Gasteiger partial charge < -0.3 is 9.64 Å². The minimum Gasteiger partial charge on any atom is -0.461 e. The second-order valence-corrected chi connectivity index (χ2v) is 9.74. The first-order valence-electron chi connectivity index (χ1n) is 10.7. The number of hydrogen-bond donors (Lipinski definition) is 0. The summed E-state index contributed by atoms with van der Waals surface area (Å²) < 4.78 is 35.0. The molecule has 6 rings (SSSR count). The number of hydrogen-bond acceptors (Lipinski definition) is 6. The summed E-state index contributed by atoms with van der Waals surface area (Å²) in [6.07, 6.45) is 2.82. The number of piperidine rings is 1. The highest BCUT2D eigenvalue weighted by Crippen LogP contribution is 2.47. The van der Waals surface area contributed by atoms with E-state index in [1.54, 1.807) is 6.92 Å². The van der Waals surface area contributed by atoms with E-state index < -0.39 is 12.0 Å². The second kappa shape index (κ2) is 6.60. The lowest BCUT2D eigenvalue weighted by Gasteiger charge is -2.31. The maximum Gasteiger partial charge on any atom is 0.319 e. The molecule has 0 N–H and O–H groups in total. The largest absolute Gasteiger partial charge is 0.461 e. The second-order valence-electron chi connectivity index (χ2n) is 9.38. The standard InChI is InChI=1S/C21H24ClF2N5O/c1-11-15-17(16(24)18(22)25-11)26-20(27-19(15)28-7-12-5-13(12)8-28)30-10-21-3-2-4-29(21)9-14(23)6-21/h12-14H,2-10H2,1H3/t12?,13?,14-,21+/m1/s1. The van der Waals surface area contributed by atoms with Crippen molar-refractivity contribution in [2.24, 2.45) is 11.8 Å². The minimum absolute atomic E-state index is 0.127. The molecule has 0 radical (unpaired) electrons. The van der Waals surface area contributed by atoms with Crippen molar-refractivity contribution in [3.8, 4) is 6.01 Å². The predicted octanol–water partition coefficient (Wildman–Crippen LogP) is 3.54. The van der Waals surface area contributed by atoms with Crippen molar-refractivity contribution in [1.82, 2.24) is 19.9 Å². The number of aromatic nitrogens is 3. The molecule has 1 aliphatic carbocycles. The minimum atomic E-state index is -0.830. The van der Waals surface area contributed by atoms with Crippen LogP contribution >= 0.6 is 11.6 Å². The number of fused-ring (bicyclic) bond motifs is 3. The van der Waals surface area contributed by atoms with Gasteiger partial charge in [0.05, 0.1) is 16.6 Å². The van der Waals surface area contributed by atoms with Crippen molar-refractivity contribution in [2.45, 2.75) is 44.3 Å². The van der Waals surface area contributed by atoms with Gasteiger partial charge in [0, 0.05) is 26.1 Å². The van der Waals surface area contributed by atoms with Gasteiger partial charge >= 0.3 is 6.01 Å². The third-order valence-electron chi connectivity index (χ3n) is 7.40. The molecule has 0 amide bonds. The van der Waals surface area contributed by atoms with Gasteiger partial charge in [0.2, 0.25) is 0 Å². The van der Waals surface area contributed by atoms with Crippen molar-refractivity contribution >= 4 is 28.3 Å². The number of nitrogens with zero attached hydrogens (tertiary/aromatic N) is 5. The van der Waals surface area contributed by atoms with Crippen LogP contribution in [-0.2, 0) is 0 Å². The van der Waals surface area contributed by atoms with Gasteiger partial charge in [0.1, 0.15) is 24.1 Å². The molecule has 6 nitrogen and oxygen atoms in total. The molecule has 2 aromatic heterocycles. The van der Waals surface area contributed by atoms with Crippen LogP contribution in [0.5, 0.6) is 6.01 Å². The van der Waals surface area contributed by atoms with Gasteiger partial charge in [-0.15, -0.1) is 0 Å². The summed E-state index contributed by atoms with van der Waals surface area (Å²) in [6.45, 7) is 5.26.